The maximum absolute atomic E-state index is 15.0. The fourth-order valence-corrected chi connectivity index (χ4v) is 6.66. The maximum Gasteiger partial charge on any atom is 0.228 e. The number of Topliss-reactive ketones (excluding diaryl/α,β-unsaturated/α-hetero) is 2. The predicted molar refractivity (Wildman–Crippen MR) is 169 cm³/mol. The summed E-state index contributed by atoms with van der Waals surface area (Å²) in [5.41, 5.74) is 4.77. The van der Waals surface area contributed by atoms with Crippen LogP contribution in [0.2, 0.25) is 0 Å². The van der Waals surface area contributed by atoms with Gasteiger partial charge in [0.15, 0.2) is 17.2 Å². The Kier molecular flexibility index (Phi) is 5.14. The molecule has 0 fully saturated rings. The van der Waals surface area contributed by atoms with Gasteiger partial charge >= 0.3 is 0 Å². The highest BCUT2D eigenvalue weighted by molar-refractivity contribution is 6.52. The average Bonchev–Trinajstić information content (AvgIpc) is 3.28. The van der Waals surface area contributed by atoms with Gasteiger partial charge in [0.2, 0.25) is 5.78 Å². The van der Waals surface area contributed by atoms with E-state index in [2.05, 4.69) is 30.3 Å². The van der Waals surface area contributed by atoms with Crippen LogP contribution in [0.1, 0.15) is 43.0 Å². The molecule has 2 aliphatic heterocycles. The number of nitrogens with zero attached hydrogens (tertiary/aromatic N) is 2. The number of carbonyl (C=O) groups is 2. The third-order valence-corrected chi connectivity index (χ3v) is 8.66. The lowest BCUT2D eigenvalue weighted by Crippen LogP contribution is -2.55. The minimum Gasteiger partial charge on any atom is -0.300 e. The van der Waals surface area contributed by atoms with Crippen molar-refractivity contribution in [3.05, 3.63) is 155 Å². The minimum absolute atomic E-state index is 0.0537. The van der Waals surface area contributed by atoms with Crippen LogP contribution in [-0.2, 0) is 5.54 Å². The second-order valence-corrected chi connectivity index (χ2v) is 11.3. The number of rotatable bonds is 3. The molecule has 0 aliphatic carbocycles. The number of amidine groups is 1. The molecule has 6 aromatic rings. The van der Waals surface area contributed by atoms with Crippen LogP contribution in [0.4, 0.5) is 11.4 Å². The second kappa shape index (κ2) is 8.82. The molecule has 4 heteroatoms. The Balaban J connectivity index is 1.45. The van der Waals surface area contributed by atoms with Gasteiger partial charge in [0.25, 0.3) is 0 Å². The Morgan fingerprint density at radius 3 is 2.07 bits per heavy atom. The van der Waals surface area contributed by atoms with Crippen LogP contribution in [-0.4, -0.2) is 17.4 Å². The number of ketones is 2. The fourth-order valence-electron chi connectivity index (χ4n) is 6.66. The molecule has 1 atom stereocenters. The van der Waals surface area contributed by atoms with E-state index in [1.165, 1.54) is 0 Å². The normalized spacial score (nSPS) is 17.1. The first-order valence-electron chi connectivity index (χ1n) is 14.1. The summed E-state index contributed by atoms with van der Waals surface area (Å²) in [5.74, 6) is -0.0360. The van der Waals surface area contributed by atoms with Crippen molar-refractivity contribution in [2.75, 3.05) is 4.90 Å². The van der Waals surface area contributed by atoms with Crippen LogP contribution < -0.4 is 4.90 Å². The molecule has 0 saturated heterocycles. The zero-order valence-corrected chi connectivity index (χ0v) is 23.3. The lowest BCUT2D eigenvalue weighted by Gasteiger charge is -2.43. The van der Waals surface area contributed by atoms with E-state index >= 15 is 0 Å². The molecule has 4 nitrogen and oxygen atoms in total. The number of aliphatic imine (C=N–C) groups is 1. The first-order chi connectivity index (χ1) is 20.4. The van der Waals surface area contributed by atoms with Crippen LogP contribution in [0.5, 0.6) is 0 Å². The van der Waals surface area contributed by atoms with E-state index in [1.54, 1.807) is 0 Å². The Labute approximate surface area is 243 Å². The second-order valence-electron chi connectivity index (χ2n) is 11.3. The van der Waals surface area contributed by atoms with Crippen molar-refractivity contribution in [3.63, 3.8) is 0 Å². The van der Waals surface area contributed by atoms with Gasteiger partial charge in [-0.15, -0.1) is 0 Å². The third-order valence-electron chi connectivity index (χ3n) is 8.66. The molecule has 8 rings (SSSR count). The van der Waals surface area contributed by atoms with Gasteiger partial charge in [-0.3, -0.25) is 9.59 Å². The predicted octanol–water partition coefficient (Wildman–Crippen LogP) is 8.48. The van der Waals surface area contributed by atoms with Crippen molar-refractivity contribution in [1.29, 1.82) is 0 Å². The van der Waals surface area contributed by atoms with Gasteiger partial charge in [-0.1, -0.05) is 102 Å². The highest BCUT2D eigenvalue weighted by atomic mass is 16.1. The Bertz CT molecular complexity index is 2180. The Morgan fingerprint density at radius 2 is 1.31 bits per heavy atom. The molecule has 0 bridgehead atoms. The molecule has 0 N–H and O–H groups in total. The third kappa shape index (κ3) is 3.32. The summed E-state index contributed by atoms with van der Waals surface area (Å²) in [6.45, 7) is 4.01. The van der Waals surface area contributed by atoms with E-state index in [4.69, 9.17) is 4.99 Å². The summed E-state index contributed by atoms with van der Waals surface area (Å²) in [6, 6.07) is 39.9. The monoisotopic (exact) mass is 542 g/mol. The number of fused-ring (bicyclic) bond motifs is 7. The number of hydrogen-bond acceptors (Lipinski definition) is 4. The van der Waals surface area contributed by atoms with E-state index in [0.717, 1.165) is 43.8 Å². The summed E-state index contributed by atoms with van der Waals surface area (Å²) in [7, 11) is 0. The van der Waals surface area contributed by atoms with Crippen LogP contribution in [0.15, 0.2) is 126 Å². The molecule has 0 radical (unpaired) electrons. The van der Waals surface area contributed by atoms with Gasteiger partial charge in [0.1, 0.15) is 0 Å². The summed E-state index contributed by atoms with van der Waals surface area (Å²) in [6.07, 6.45) is 0. The largest absolute Gasteiger partial charge is 0.300 e. The highest BCUT2D eigenvalue weighted by Crippen LogP contribution is 2.54. The van der Waals surface area contributed by atoms with Crippen LogP contribution in [0, 0.1) is 13.8 Å². The van der Waals surface area contributed by atoms with E-state index in [0.29, 0.717) is 22.5 Å². The molecular formula is C38H26N2O2. The SMILES string of the molecule is Cc1ccc2c(c1)C(=O)C1(c3ccc4ccccc4c3)c3cc(C)ccc3N=C(C(=O)c3ccc4ccccc4c3)N21. The summed E-state index contributed by atoms with van der Waals surface area (Å²) in [5, 5.41) is 4.15. The topological polar surface area (TPSA) is 49.7 Å². The van der Waals surface area contributed by atoms with E-state index in [1.807, 2.05) is 110 Å². The minimum atomic E-state index is -1.29. The first-order valence-corrected chi connectivity index (χ1v) is 14.1. The zero-order valence-electron chi connectivity index (χ0n) is 23.3. The van der Waals surface area contributed by atoms with Crippen LogP contribution in [0.25, 0.3) is 21.5 Å². The van der Waals surface area contributed by atoms with Crippen molar-refractivity contribution in [3.8, 4) is 0 Å². The fraction of sp³-hybridized carbons (Fsp3) is 0.0789. The van der Waals surface area contributed by atoms with Gasteiger partial charge < -0.3 is 4.90 Å². The molecular weight excluding hydrogens is 516 g/mol. The number of benzene rings is 6. The van der Waals surface area contributed by atoms with Crippen molar-refractivity contribution in [2.24, 2.45) is 4.99 Å². The van der Waals surface area contributed by atoms with Crippen LogP contribution in [0.3, 0.4) is 0 Å². The standard InChI is InChI=1S/C38H26N2O2/c1-23-12-18-34-31(19-23)36(42)38(30-16-15-26-8-4-6-10-28(26)22-30)32-20-24(2)11-17-33(32)39-37(40(34)38)35(41)29-14-13-25-7-3-5-9-27(25)21-29/h3-22H,1-2H3. The molecule has 6 aromatic carbocycles. The highest BCUT2D eigenvalue weighted by Gasteiger charge is 2.59. The summed E-state index contributed by atoms with van der Waals surface area (Å²) >= 11 is 0. The molecule has 42 heavy (non-hydrogen) atoms. The van der Waals surface area contributed by atoms with Crippen LogP contribution >= 0.6 is 0 Å². The maximum atomic E-state index is 15.0. The van der Waals surface area contributed by atoms with Crippen molar-refractivity contribution in [2.45, 2.75) is 19.4 Å². The Hall–Kier alpha value is -5.35. The molecule has 0 spiro atoms. The van der Waals surface area contributed by atoms with E-state index in [9.17, 15) is 9.59 Å². The first kappa shape index (κ1) is 24.4. The van der Waals surface area contributed by atoms with Crippen molar-refractivity contribution < 1.29 is 9.59 Å². The number of aryl methyl sites for hydroxylation is 2. The summed E-state index contributed by atoms with van der Waals surface area (Å²) in [4.78, 5) is 36.5. The molecule has 0 amide bonds. The number of hydrogen-bond donors (Lipinski definition) is 0. The van der Waals surface area contributed by atoms with Gasteiger partial charge in [0, 0.05) is 16.7 Å². The molecule has 2 aliphatic rings. The average molecular weight is 543 g/mol. The Morgan fingerprint density at radius 1 is 0.667 bits per heavy atom. The summed E-state index contributed by atoms with van der Waals surface area (Å²) < 4.78 is 0. The smallest absolute Gasteiger partial charge is 0.228 e. The number of anilines is 1. The van der Waals surface area contributed by atoms with E-state index in [-0.39, 0.29) is 17.4 Å². The lowest BCUT2D eigenvalue weighted by atomic mass is 9.75. The van der Waals surface area contributed by atoms with Gasteiger partial charge in [-0.25, -0.2) is 4.99 Å². The molecule has 2 heterocycles. The molecule has 1 unspecified atom stereocenters. The molecule has 200 valence electrons. The number of carbonyl (C=O) groups excluding carboxylic acids is 2. The van der Waals surface area contributed by atoms with E-state index < -0.39 is 5.54 Å². The van der Waals surface area contributed by atoms with Crippen molar-refractivity contribution >= 4 is 50.3 Å². The van der Waals surface area contributed by atoms with Gasteiger partial charge in [0.05, 0.1) is 11.4 Å². The van der Waals surface area contributed by atoms with Gasteiger partial charge in [-0.2, -0.15) is 0 Å². The van der Waals surface area contributed by atoms with Crippen molar-refractivity contribution in [1.82, 2.24) is 0 Å². The zero-order chi connectivity index (χ0) is 28.6. The quantitative estimate of drug-likeness (QED) is 0.211. The van der Waals surface area contributed by atoms with Gasteiger partial charge in [-0.05, 0) is 71.3 Å². The molecule has 0 aromatic heterocycles. The molecule has 0 saturated carbocycles. The lowest BCUT2D eigenvalue weighted by molar-refractivity contribution is 0.0931.